The van der Waals surface area contributed by atoms with Gasteiger partial charge in [-0.1, -0.05) is 6.92 Å². The summed E-state index contributed by atoms with van der Waals surface area (Å²) in [4.78, 5) is 4.25. The second-order valence-electron chi connectivity index (χ2n) is 3.26. The van der Waals surface area contributed by atoms with Crippen LogP contribution >= 0.6 is 0 Å². The number of imidazole rings is 1. The van der Waals surface area contributed by atoms with Crippen LogP contribution in [0.3, 0.4) is 0 Å². The normalized spacial score (nSPS) is 13.3. The lowest BCUT2D eigenvalue weighted by Crippen LogP contribution is -2.22. The second kappa shape index (κ2) is 3.72. The van der Waals surface area contributed by atoms with E-state index in [1.807, 2.05) is 20.2 Å². The molecule has 0 fully saturated rings. The molecule has 0 amide bonds. The SMILES string of the molecule is CCc1c(C)ncn1CC(C)N. The number of hydrogen-bond acceptors (Lipinski definition) is 2. The van der Waals surface area contributed by atoms with Gasteiger partial charge in [0, 0.05) is 18.3 Å². The summed E-state index contributed by atoms with van der Waals surface area (Å²) in [5, 5.41) is 0. The van der Waals surface area contributed by atoms with Gasteiger partial charge in [0.25, 0.3) is 0 Å². The number of nitrogens with zero attached hydrogens (tertiary/aromatic N) is 2. The Labute approximate surface area is 73.6 Å². The first-order valence-electron chi connectivity index (χ1n) is 4.41. The highest BCUT2D eigenvalue weighted by Crippen LogP contribution is 2.07. The topological polar surface area (TPSA) is 43.8 Å². The highest BCUT2D eigenvalue weighted by Gasteiger charge is 2.05. The Kier molecular flexibility index (Phi) is 2.87. The van der Waals surface area contributed by atoms with Crippen molar-refractivity contribution in [3.05, 3.63) is 17.7 Å². The average molecular weight is 167 g/mol. The van der Waals surface area contributed by atoms with Crippen LogP contribution in [0.2, 0.25) is 0 Å². The van der Waals surface area contributed by atoms with Gasteiger partial charge < -0.3 is 10.3 Å². The fourth-order valence-corrected chi connectivity index (χ4v) is 1.43. The number of nitrogens with two attached hydrogens (primary N) is 1. The first kappa shape index (κ1) is 9.26. The van der Waals surface area contributed by atoms with Crippen molar-refractivity contribution in [1.82, 2.24) is 9.55 Å². The summed E-state index contributed by atoms with van der Waals surface area (Å²) in [6.45, 7) is 7.05. The third-order valence-electron chi connectivity index (χ3n) is 1.97. The van der Waals surface area contributed by atoms with Crippen molar-refractivity contribution >= 4 is 0 Å². The molecule has 3 nitrogen and oxygen atoms in total. The van der Waals surface area contributed by atoms with Crippen LogP contribution in [0.5, 0.6) is 0 Å². The van der Waals surface area contributed by atoms with Gasteiger partial charge in [-0.15, -0.1) is 0 Å². The molecule has 0 aliphatic heterocycles. The lowest BCUT2D eigenvalue weighted by atomic mass is 10.2. The summed E-state index contributed by atoms with van der Waals surface area (Å²) >= 11 is 0. The van der Waals surface area contributed by atoms with E-state index in [1.54, 1.807) is 0 Å². The summed E-state index contributed by atoms with van der Waals surface area (Å²) in [6, 6.07) is 0.198. The highest BCUT2D eigenvalue weighted by molar-refractivity contribution is 5.10. The van der Waals surface area contributed by atoms with E-state index in [4.69, 9.17) is 5.73 Å². The molecule has 1 unspecified atom stereocenters. The van der Waals surface area contributed by atoms with Crippen molar-refractivity contribution in [2.24, 2.45) is 5.73 Å². The Morgan fingerprint density at radius 1 is 1.67 bits per heavy atom. The average Bonchev–Trinajstić information content (AvgIpc) is 2.30. The minimum atomic E-state index is 0.198. The van der Waals surface area contributed by atoms with Crippen LogP contribution in [0, 0.1) is 6.92 Å². The smallest absolute Gasteiger partial charge is 0.0952 e. The van der Waals surface area contributed by atoms with Crippen LogP contribution in [-0.2, 0) is 13.0 Å². The number of aromatic nitrogens is 2. The number of hydrogen-bond donors (Lipinski definition) is 1. The zero-order valence-corrected chi connectivity index (χ0v) is 8.04. The molecule has 2 N–H and O–H groups in total. The fraction of sp³-hybridized carbons (Fsp3) is 0.667. The van der Waals surface area contributed by atoms with Gasteiger partial charge in [0.05, 0.1) is 12.0 Å². The summed E-state index contributed by atoms with van der Waals surface area (Å²) < 4.78 is 2.14. The molecule has 12 heavy (non-hydrogen) atoms. The third kappa shape index (κ3) is 1.85. The third-order valence-corrected chi connectivity index (χ3v) is 1.97. The lowest BCUT2D eigenvalue weighted by Gasteiger charge is -2.09. The minimum Gasteiger partial charge on any atom is -0.333 e. The van der Waals surface area contributed by atoms with E-state index in [1.165, 1.54) is 5.69 Å². The van der Waals surface area contributed by atoms with Gasteiger partial charge in [0.1, 0.15) is 0 Å². The van der Waals surface area contributed by atoms with Crippen LogP contribution in [0.4, 0.5) is 0 Å². The maximum atomic E-state index is 5.71. The Bertz CT molecular complexity index is 250. The molecule has 3 heteroatoms. The van der Waals surface area contributed by atoms with Crippen molar-refractivity contribution < 1.29 is 0 Å². The van der Waals surface area contributed by atoms with E-state index in [-0.39, 0.29) is 6.04 Å². The molecule has 0 radical (unpaired) electrons. The maximum absolute atomic E-state index is 5.71. The van der Waals surface area contributed by atoms with Crippen LogP contribution in [0.25, 0.3) is 0 Å². The van der Waals surface area contributed by atoms with Crippen LogP contribution in [0.15, 0.2) is 6.33 Å². The maximum Gasteiger partial charge on any atom is 0.0952 e. The van der Waals surface area contributed by atoms with Gasteiger partial charge in [-0.05, 0) is 20.3 Å². The molecule has 68 valence electrons. The fourth-order valence-electron chi connectivity index (χ4n) is 1.43. The molecule has 1 atom stereocenters. The predicted octanol–water partition coefficient (Wildman–Crippen LogP) is 1.10. The van der Waals surface area contributed by atoms with E-state index in [9.17, 15) is 0 Å². The molecular formula is C9H17N3. The summed E-state index contributed by atoms with van der Waals surface area (Å²) in [7, 11) is 0. The molecule has 0 aliphatic rings. The van der Waals surface area contributed by atoms with E-state index < -0.39 is 0 Å². The van der Waals surface area contributed by atoms with Crippen LogP contribution in [0.1, 0.15) is 25.2 Å². The molecule has 1 aromatic heterocycles. The standard InChI is InChI=1S/C9H17N3/c1-4-9-8(3)11-6-12(9)5-7(2)10/h6-7H,4-5,10H2,1-3H3. The molecule has 0 spiro atoms. The first-order valence-corrected chi connectivity index (χ1v) is 4.41. The quantitative estimate of drug-likeness (QED) is 0.732. The molecule has 1 aromatic rings. The van der Waals surface area contributed by atoms with E-state index in [0.29, 0.717) is 0 Å². The molecular weight excluding hydrogens is 150 g/mol. The monoisotopic (exact) mass is 167 g/mol. The van der Waals surface area contributed by atoms with E-state index in [0.717, 1.165) is 18.7 Å². The molecule has 0 saturated carbocycles. The predicted molar refractivity (Wildman–Crippen MR) is 50.0 cm³/mol. The highest BCUT2D eigenvalue weighted by atomic mass is 15.1. The van der Waals surface area contributed by atoms with Crippen molar-refractivity contribution in [2.45, 2.75) is 39.8 Å². The van der Waals surface area contributed by atoms with Crippen molar-refractivity contribution in [1.29, 1.82) is 0 Å². The molecule has 0 aromatic carbocycles. The lowest BCUT2D eigenvalue weighted by molar-refractivity contribution is 0.572. The van der Waals surface area contributed by atoms with Crippen molar-refractivity contribution in [2.75, 3.05) is 0 Å². The van der Waals surface area contributed by atoms with Crippen molar-refractivity contribution in [3.63, 3.8) is 0 Å². The Morgan fingerprint density at radius 3 is 2.83 bits per heavy atom. The van der Waals surface area contributed by atoms with Crippen LogP contribution in [-0.4, -0.2) is 15.6 Å². The molecule has 0 aliphatic carbocycles. The Morgan fingerprint density at radius 2 is 2.33 bits per heavy atom. The minimum absolute atomic E-state index is 0.198. The first-order chi connectivity index (χ1) is 5.65. The molecule has 1 heterocycles. The Balaban J connectivity index is 2.84. The van der Waals surface area contributed by atoms with Gasteiger partial charge >= 0.3 is 0 Å². The van der Waals surface area contributed by atoms with Gasteiger partial charge in [0.2, 0.25) is 0 Å². The largest absolute Gasteiger partial charge is 0.333 e. The van der Waals surface area contributed by atoms with Gasteiger partial charge in [-0.25, -0.2) is 4.98 Å². The van der Waals surface area contributed by atoms with Crippen LogP contribution < -0.4 is 5.73 Å². The summed E-state index contributed by atoms with van der Waals surface area (Å²) in [5.74, 6) is 0. The molecule has 0 bridgehead atoms. The van der Waals surface area contributed by atoms with Gasteiger partial charge in [0.15, 0.2) is 0 Å². The molecule has 1 rings (SSSR count). The zero-order chi connectivity index (χ0) is 9.14. The number of aryl methyl sites for hydroxylation is 1. The Hall–Kier alpha value is -0.830. The molecule has 0 saturated heterocycles. The zero-order valence-electron chi connectivity index (χ0n) is 8.04. The summed E-state index contributed by atoms with van der Waals surface area (Å²) in [6.07, 6.45) is 2.90. The number of rotatable bonds is 3. The van der Waals surface area contributed by atoms with Gasteiger partial charge in [-0.3, -0.25) is 0 Å². The second-order valence-corrected chi connectivity index (χ2v) is 3.26. The summed E-state index contributed by atoms with van der Waals surface area (Å²) in [5.41, 5.74) is 8.13. The van der Waals surface area contributed by atoms with Crippen molar-refractivity contribution in [3.8, 4) is 0 Å². The van der Waals surface area contributed by atoms with Gasteiger partial charge in [-0.2, -0.15) is 0 Å². The van der Waals surface area contributed by atoms with E-state index in [2.05, 4.69) is 16.5 Å². The van der Waals surface area contributed by atoms with E-state index >= 15 is 0 Å².